The Labute approximate surface area is 140 Å². The van der Waals surface area contributed by atoms with Crippen molar-refractivity contribution in [3.05, 3.63) is 71.6 Å². The van der Waals surface area contributed by atoms with Crippen LogP contribution in [0, 0.1) is 12.7 Å². The molecular weight excluding hydrogens is 309 g/mol. The highest BCUT2D eigenvalue weighted by Gasteiger charge is 2.17. The largest absolute Gasteiger partial charge is 0.449 e. The molecule has 5 heteroatoms. The lowest BCUT2D eigenvalue weighted by Crippen LogP contribution is -2.29. The standard InChI is InChI=1S/C19H18FNO3/c1-13-7-3-4-8-15(13)11-12-18(22)24-14(2)19(23)21-17-10-6-5-9-16(17)20/h3-12,14H,1-2H3,(H,21,23)/b12-11+/t14-/m0/s1. The fourth-order valence-electron chi connectivity index (χ4n) is 2.00. The van der Waals surface area contributed by atoms with Crippen molar-refractivity contribution in [2.75, 3.05) is 5.32 Å². The van der Waals surface area contributed by atoms with Crippen LogP contribution in [0.2, 0.25) is 0 Å². The number of carbonyl (C=O) groups excluding carboxylic acids is 2. The second-order valence-corrected chi connectivity index (χ2v) is 5.24. The van der Waals surface area contributed by atoms with E-state index in [4.69, 9.17) is 4.74 Å². The van der Waals surface area contributed by atoms with E-state index in [1.165, 1.54) is 31.2 Å². The van der Waals surface area contributed by atoms with Crippen molar-refractivity contribution in [1.82, 2.24) is 0 Å². The van der Waals surface area contributed by atoms with Crippen molar-refractivity contribution in [3.8, 4) is 0 Å². The van der Waals surface area contributed by atoms with Gasteiger partial charge in [-0.15, -0.1) is 0 Å². The van der Waals surface area contributed by atoms with E-state index in [2.05, 4.69) is 5.32 Å². The summed E-state index contributed by atoms with van der Waals surface area (Å²) in [6.45, 7) is 3.35. The summed E-state index contributed by atoms with van der Waals surface area (Å²) in [7, 11) is 0. The van der Waals surface area contributed by atoms with E-state index in [1.54, 1.807) is 12.1 Å². The molecule has 0 aliphatic carbocycles. The van der Waals surface area contributed by atoms with Gasteiger partial charge < -0.3 is 10.1 Å². The van der Waals surface area contributed by atoms with Crippen molar-refractivity contribution in [2.24, 2.45) is 0 Å². The number of hydrogen-bond acceptors (Lipinski definition) is 3. The van der Waals surface area contributed by atoms with E-state index in [-0.39, 0.29) is 5.69 Å². The number of esters is 1. The Balaban J connectivity index is 1.92. The van der Waals surface area contributed by atoms with Crippen LogP contribution in [0.25, 0.3) is 6.08 Å². The van der Waals surface area contributed by atoms with Crippen molar-refractivity contribution in [2.45, 2.75) is 20.0 Å². The van der Waals surface area contributed by atoms with Gasteiger partial charge in [0.15, 0.2) is 6.10 Å². The van der Waals surface area contributed by atoms with Crippen LogP contribution >= 0.6 is 0 Å². The van der Waals surface area contributed by atoms with Crippen LogP contribution < -0.4 is 5.32 Å². The lowest BCUT2D eigenvalue weighted by Gasteiger charge is -2.12. The zero-order valence-electron chi connectivity index (χ0n) is 13.5. The summed E-state index contributed by atoms with van der Waals surface area (Å²) in [6.07, 6.45) is 1.84. The Morgan fingerprint density at radius 1 is 1.12 bits per heavy atom. The number of amides is 1. The third-order valence-corrected chi connectivity index (χ3v) is 3.38. The first-order valence-electron chi connectivity index (χ1n) is 7.47. The number of nitrogens with one attached hydrogen (secondary N) is 1. The summed E-state index contributed by atoms with van der Waals surface area (Å²) >= 11 is 0. The molecular formula is C19H18FNO3. The fraction of sp³-hybridized carbons (Fsp3) is 0.158. The van der Waals surface area contributed by atoms with Gasteiger partial charge in [0.1, 0.15) is 5.82 Å². The first kappa shape index (κ1) is 17.4. The molecule has 1 atom stereocenters. The zero-order chi connectivity index (χ0) is 17.5. The molecule has 0 aromatic heterocycles. The normalized spacial score (nSPS) is 12.0. The number of rotatable bonds is 5. The number of hydrogen-bond donors (Lipinski definition) is 1. The Bertz CT molecular complexity index is 771. The molecule has 0 aliphatic rings. The highest BCUT2D eigenvalue weighted by Crippen LogP contribution is 2.13. The number of aryl methyl sites for hydroxylation is 1. The Morgan fingerprint density at radius 2 is 1.79 bits per heavy atom. The number of benzene rings is 2. The molecule has 24 heavy (non-hydrogen) atoms. The van der Waals surface area contributed by atoms with Crippen molar-refractivity contribution in [1.29, 1.82) is 0 Å². The molecule has 124 valence electrons. The first-order chi connectivity index (χ1) is 11.5. The molecule has 0 heterocycles. The quantitative estimate of drug-likeness (QED) is 0.673. The van der Waals surface area contributed by atoms with Crippen LogP contribution in [0.15, 0.2) is 54.6 Å². The second-order valence-electron chi connectivity index (χ2n) is 5.24. The van der Waals surface area contributed by atoms with Crippen molar-refractivity contribution in [3.63, 3.8) is 0 Å². The number of anilines is 1. The molecule has 0 saturated carbocycles. The number of carbonyl (C=O) groups is 2. The third-order valence-electron chi connectivity index (χ3n) is 3.38. The highest BCUT2D eigenvalue weighted by molar-refractivity contribution is 5.96. The maximum atomic E-state index is 13.5. The van der Waals surface area contributed by atoms with Crippen LogP contribution in [0.5, 0.6) is 0 Å². The summed E-state index contributed by atoms with van der Waals surface area (Å²) in [5, 5.41) is 2.38. The van der Waals surface area contributed by atoms with Gasteiger partial charge in [-0.1, -0.05) is 36.4 Å². The minimum atomic E-state index is -1.04. The van der Waals surface area contributed by atoms with Gasteiger partial charge >= 0.3 is 5.97 Å². The van der Waals surface area contributed by atoms with Gasteiger partial charge in [0.05, 0.1) is 5.69 Å². The highest BCUT2D eigenvalue weighted by atomic mass is 19.1. The fourth-order valence-corrected chi connectivity index (χ4v) is 2.00. The maximum Gasteiger partial charge on any atom is 0.331 e. The molecule has 0 fully saturated rings. The molecule has 0 saturated heterocycles. The molecule has 0 unspecified atom stereocenters. The number of halogens is 1. The summed E-state index contributed by atoms with van der Waals surface area (Å²) in [6, 6.07) is 13.3. The van der Waals surface area contributed by atoms with E-state index in [0.717, 1.165) is 11.1 Å². The molecule has 2 rings (SSSR count). The van der Waals surface area contributed by atoms with Crippen LogP contribution in [-0.2, 0) is 14.3 Å². The third kappa shape index (κ3) is 4.78. The molecule has 2 aromatic rings. The van der Waals surface area contributed by atoms with Gasteiger partial charge in [0.25, 0.3) is 5.91 Å². The molecule has 0 aliphatic heterocycles. The van der Waals surface area contributed by atoms with Crippen LogP contribution in [0.4, 0.5) is 10.1 Å². The van der Waals surface area contributed by atoms with E-state index < -0.39 is 23.8 Å². The van der Waals surface area contributed by atoms with Gasteiger partial charge in [-0.3, -0.25) is 4.79 Å². The van der Waals surface area contributed by atoms with Gasteiger partial charge in [-0.25, -0.2) is 9.18 Å². The van der Waals surface area contributed by atoms with Gasteiger partial charge in [-0.2, -0.15) is 0 Å². The van der Waals surface area contributed by atoms with Crippen LogP contribution in [0.1, 0.15) is 18.1 Å². The average molecular weight is 327 g/mol. The summed E-state index contributed by atoms with van der Waals surface area (Å²) < 4.78 is 18.5. The smallest absolute Gasteiger partial charge is 0.331 e. The topological polar surface area (TPSA) is 55.4 Å². The maximum absolute atomic E-state index is 13.5. The number of ether oxygens (including phenoxy) is 1. The molecule has 1 amide bonds. The Morgan fingerprint density at radius 3 is 2.50 bits per heavy atom. The van der Waals surface area contributed by atoms with Crippen molar-refractivity contribution >= 4 is 23.6 Å². The van der Waals surface area contributed by atoms with Gasteiger partial charge in [-0.05, 0) is 43.2 Å². The predicted molar refractivity (Wildman–Crippen MR) is 90.8 cm³/mol. The summed E-state index contributed by atoms with van der Waals surface area (Å²) in [5.41, 5.74) is 1.95. The van der Waals surface area contributed by atoms with E-state index in [1.807, 2.05) is 31.2 Å². The molecule has 4 nitrogen and oxygen atoms in total. The van der Waals surface area contributed by atoms with E-state index in [9.17, 15) is 14.0 Å². The lowest BCUT2D eigenvalue weighted by molar-refractivity contribution is -0.148. The Kier molecular flexibility index (Phi) is 5.84. The zero-order valence-corrected chi connectivity index (χ0v) is 13.5. The van der Waals surface area contributed by atoms with Crippen molar-refractivity contribution < 1.29 is 18.7 Å². The molecule has 2 aromatic carbocycles. The van der Waals surface area contributed by atoms with Gasteiger partial charge in [0, 0.05) is 6.08 Å². The second kappa shape index (κ2) is 8.06. The minimum absolute atomic E-state index is 0.0425. The van der Waals surface area contributed by atoms with Crippen LogP contribution in [-0.4, -0.2) is 18.0 Å². The SMILES string of the molecule is Cc1ccccc1/C=C/C(=O)O[C@@H](C)C(=O)Nc1ccccc1F. The van der Waals surface area contributed by atoms with Gasteiger partial charge in [0.2, 0.25) is 0 Å². The van der Waals surface area contributed by atoms with E-state index in [0.29, 0.717) is 0 Å². The molecule has 0 bridgehead atoms. The lowest BCUT2D eigenvalue weighted by atomic mass is 10.1. The molecule has 0 spiro atoms. The molecule has 1 N–H and O–H groups in total. The number of para-hydroxylation sites is 1. The predicted octanol–water partition coefficient (Wildman–Crippen LogP) is 3.72. The Hall–Kier alpha value is -2.95. The van der Waals surface area contributed by atoms with Crippen LogP contribution in [0.3, 0.4) is 0 Å². The first-order valence-corrected chi connectivity index (χ1v) is 7.47. The minimum Gasteiger partial charge on any atom is -0.449 e. The monoisotopic (exact) mass is 327 g/mol. The summed E-state index contributed by atoms with van der Waals surface area (Å²) in [5.74, 6) is -1.80. The van der Waals surface area contributed by atoms with E-state index >= 15 is 0 Å². The average Bonchev–Trinajstić information content (AvgIpc) is 2.56. The molecule has 0 radical (unpaired) electrons. The summed E-state index contributed by atoms with van der Waals surface area (Å²) in [4.78, 5) is 23.7.